The molecule has 1 aliphatic rings. The number of methoxy groups -OCH3 is 1. The number of aromatic nitrogens is 2. The number of sulfonamides is 1. The zero-order chi connectivity index (χ0) is 14.8. The summed E-state index contributed by atoms with van der Waals surface area (Å²) in [5.41, 5.74) is 0. The van der Waals surface area contributed by atoms with Crippen LogP contribution in [-0.4, -0.2) is 60.9 Å². The van der Waals surface area contributed by atoms with Crippen molar-refractivity contribution >= 4 is 22.4 Å². The Morgan fingerprint density at radius 1 is 1.57 bits per heavy atom. The molecule has 0 spiro atoms. The molecule has 0 aliphatic carbocycles. The molecule has 122 valence electrons. The zero-order valence-electron chi connectivity index (χ0n) is 12.5. The molecule has 2 heterocycles. The molecule has 1 fully saturated rings. The van der Waals surface area contributed by atoms with E-state index in [0.717, 1.165) is 5.82 Å². The Kier molecular flexibility index (Phi) is 6.61. The number of hydrogen-bond acceptors (Lipinski definition) is 5. The van der Waals surface area contributed by atoms with Gasteiger partial charge >= 0.3 is 0 Å². The van der Waals surface area contributed by atoms with E-state index >= 15 is 0 Å². The first kappa shape index (κ1) is 18.4. The van der Waals surface area contributed by atoms with Crippen molar-refractivity contribution in [3.63, 3.8) is 0 Å². The Bertz CT molecular complexity index is 548. The Hall–Kier alpha value is -0.670. The van der Waals surface area contributed by atoms with Gasteiger partial charge in [0.25, 0.3) is 0 Å². The lowest BCUT2D eigenvalue weighted by atomic mass is 10.2. The fourth-order valence-electron chi connectivity index (χ4n) is 2.46. The predicted molar refractivity (Wildman–Crippen MR) is 83.0 cm³/mol. The number of rotatable bonds is 5. The molecule has 21 heavy (non-hydrogen) atoms. The molecule has 1 N–H and O–H groups in total. The number of ether oxygens (including phenoxy) is 1. The SMILES string of the molecule is COCC(C)S(=O)(=O)N1CCNCC1c1nccn1C.Cl. The largest absolute Gasteiger partial charge is 0.383 e. The van der Waals surface area contributed by atoms with Gasteiger partial charge < -0.3 is 14.6 Å². The minimum Gasteiger partial charge on any atom is -0.383 e. The summed E-state index contributed by atoms with van der Waals surface area (Å²) in [6, 6.07) is -0.270. The average Bonchev–Trinajstić information content (AvgIpc) is 2.85. The van der Waals surface area contributed by atoms with E-state index in [1.807, 2.05) is 17.8 Å². The van der Waals surface area contributed by atoms with Crippen LogP contribution in [0.4, 0.5) is 0 Å². The van der Waals surface area contributed by atoms with Crippen molar-refractivity contribution in [2.45, 2.75) is 18.2 Å². The number of piperazine rings is 1. The molecule has 2 atom stereocenters. The van der Waals surface area contributed by atoms with Crippen molar-refractivity contribution in [3.05, 3.63) is 18.2 Å². The van der Waals surface area contributed by atoms with Crippen LogP contribution in [0.5, 0.6) is 0 Å². The molecule has 0 saturated carbocycles. The summed E-state index contributed by atoms with van der Waals surface area (Å²) in [5.74, 6) is 0.755. The topological polar surface area (TPSA) is 76.5 Å². The molecule has 1 saturated heterocycles. The first-order chi connectivity index (χ1) is 9.48. The Morgan fingerprint density at radius 3 is 2.86 bits per heavy atom. The van der Waals surface area contributed by atoms with Crippen LogP contribution in [0, 0.1) is 0 Å². The summed E-state index contributed by atoms with van der Waals surface area (Å²) in [6.07, 6.45) is 3.51. The highest BCUT2D eigenvalue weighted by Crippen LogP contribution is 2.25. The van der Waals surface area contributed by atoms with Crippen LogP contribution in [-0.2, 0) is 21.8 Å². The van der Waals surface area contributed by atoms with E-state index in [9.17, 15) is 8.42 Å². The monoisotopic (exact) mass is 338 g/mol. The normalized spacial score (nSPS) is 21.8. The second-order valence-electron chi connectivity index (χ2n) is 5.04. The highest BCUT2D eigenvalue weighted by molar-refractivity contribution is 7.89. The maximum absolute atomic E-state index is 12.7. The van der Waals surface area contributed by atoms with Gasteiger partial charge in [0, 0.05) is 46.2 Å². The standard InChI is InChI=1S/C12H22N4O3S.ClH/c1-10(9-19-3)20(17,18)16-7-4-13-8-11(16)12-14-5-6-15(12)2;/h5-6,10-11,13H,4,7-9H2,1-3H3;1H. The number of aryl methyl sites for hydroxylation is 1. The molecular formula is C12H23ClN4O3S. The molecule has 2 rings (SSSR count). The van der Waals surface area contributed by atoms with Crippen molar-refractivity contribution in [1.29, 1.82) is 0 Å². The molecular weight excluding hydrogens is 316 g/mol. The summed E-state index contributed by atoms with van der Waals surface area (Å²) in [4.78, 5) is 4.29. The molecule has 1 aliphatic heterocycles. The van der Waals surface area contributed by atoms with E-state index in [4.69, 9.17) is 4.74 Å². The minimum absolute atomic E-state index is 0. The molecule has 0 aromatic carbocycles. The van der Waals surface area contributed by atoms with Gasteiger partial charge in [-0.15, -0.1) is 12.4 Å². The summed E-state index contributed by atoms with van der Waals surface area (Å²) in [5, 5.41) is 2.67. The van der Waals surface area contributed by atoms with Gasteiger partial charge in [-0.3, -0.25) is 0 Å². The Balaban J connectivity index is 0.00000220. The van der Waals surface area contributed by atoms with Crippen LogP contribution < -0.4 is 5.32 Å². The molecule has 0 bridgehead atoms. The number of halogens is 1. The van der Waals surface area contributed by atoms with Crippen LogP contribution in [0.2, 0.25) is 0 Å². The third-order valence-corrected chi connectivity index (χ3v) is 5.83. The smallest absolute Gasteiger partial charge is 0.219 e. The lowest BCUT2D eigenvalue weighted by molar-refractivity contribution is 0.193. The average molecular weight is 339 g/mol. The third kappa shape index (κ3) is 3.75. The number of imidazole rings is 1. The van der Waals surface area contributed by atoms with Crippen molar-refractivity contribution < 1.29 is 13.2 Å². The van der Waals surface area contributed by atoms with Gasteiger partial charge in [0.1, 0.15) is 5.82 Å². The van der Waals surface area contributed by atoms with Gasteiger partial charge in [0.2, 0.25) is 10.0 Å². The highest BCUT2D eigenvalue weighted by Gasteiger charge is 2.38. The maximum atomic E-state index is 12.7. The summed E-state index contributed by atoms with van der Waals surface area (Å²) >= 11 is 0. The zero-order valence-corrected chi connectivity index (χ0v) is 14.2. The first-order valence-corrected chi connectivity index (χ1v) is 8.16. The van der Waals surface area contributed by atoms with E-state index < -0.39 is 15.3 Å². The molecule has 0 radical (unpaired) electrons. The molecule has 9 heteroatoms. The molecule has 7 nitrogen and oxygen atoms in total. The lowest BCUT2D eigenvalue weighted by Gasteiger charge is -2.36. The molecule has 0 amide bonds. The second kappa shape index (κ2) is 7.55. The van der Waals surface area contributed by atoms with E-state index in [-0.39, 0.29) is 25.1 Å². The van der Waals surface area contributed by atoms with Gasteiger partial charge in [0.15, 0.2) is 0 Å². The van der Waals surface area contributed by atoms with Crippen molar-refractivity contribution in [3.8, 4) is 0 Å². The van der Waals surface area contributed by atoms with Gasteiger partial charge in [-0.05, 0) is 6.92 Å². The van der Waals surface area contributed by atoms with Gasteiger partial charge in [0.05, 0.1) is 17.9 Å². The van der Waals surface area contributed by atoms with E-state index in [1.165, 1.54) is 7.11 Å². The minimum atomic E-state index is -3.40. The van der Waals surface area contributed by atoms with E-state index in [1.54, 1.807) is 17.4 Å². The van der Waals surface area contributed by atoms with Gasteiger partial charge in [-0.2, -0.15) is 4.31 Å². The van der Waals surface area contributed by atoms with Gasteiger partial charge in [-0.25, -0.2) is 13.4 Å². The van der Waals surface area contributed by atoms with Crippen LogP contribution >= 0.6 is 12.4 Å². The summed E-state index contributed by atoms with van der Waals surface area (Å²) in [6.45, 7) is 3.55. The summed E-state index contributed by atoms with van der Waals surface area (Å²) < 4.78 is 33.7. The van der Waals surface area contributed by atoms with Crippen LogP contribution in [0.25, 0.3) is 0 Å². The van der Waals surface area contributed by atoms with Crippen molar-refractivity contribution in [1.82, 2.24) is 19.2 Å². The molecule has 2 unspecified atom stereocenters. The maximum Gasteiger partial charge on any atom is 0.219 e. The van der Waals surface area contributed by atoms with E-state index in [2.05, 4.69) is 10.3 Å². The van der Waals surface area contributed by atoms with Crippen molar-refractivity contribution in [2.75, 3.05) is 33.4 Å². The Labute approximate surface area is 132 Å². The lowest BCUT2D eigenvalue weighted by Crippen LogP contribution is -2.52. The molecule has 1 aromatic heterocycles. The van der Waals surface area contributed by atoms with Crippen LogP contribution in [0.3, 0.4) is 0 Å². The first-order valence-electron chi connectivity index (χ1n) is 6.66. The molecule has 1 aromatic rings. The number of nitrogens with zero attached hydrogens (tertiary/aromatic N) is 3. The fourth-order valence-corrected chi connectivity index (χ4v) is 4.10. The summed E-state index contributed by atoms with van der Waals surface area (Å²) in [7, 11) is -0.0119. The number of nitrogens with one attached hydrogen (secondary N) is 1. The van der Waals surface area contributed by atoms with Crippen molar-refractivity contribution in [2.24, 2.45) is 7.05 Å². The Morgan fingerprint density at radius 2 is 2.29 bits per heavy atom. The third-order valence-electron chi connectivity index (χ3n) is 3.59. The van der Waals surface area contributed by atoms with Crippen LogP contribution in [0.1, 0.15) is 18.8 Å². The highest BCUT2D eigenvalue weighted by atomic mass is 35.5. The second-order valence-corrected chi connectivity index (χ2v) is 7.34. The van der Waals surface area contributed by atoms with Crippen LogP contribution in [0.15, 0.2) is 12.4 Å². The quantitative estimate of drug-likeness (QED) is 0.827. The van der Waals surface area contributed by atoms with Gasteiger partial charge in [-0.1, -0.05) is 0 Å². The fraction of sp³-hybridized carbons (Fsp3) is 0.750. The number of hydrogen-bond donors (Lipinski definition) is 1. The predicted octanol–water partition coefficient (Wildman–Crippen LogP) is 0.153. The van der Waals surface area contributed by atoms with E-state index in [0.29, 0.717) is 19.6 Å².